The van der Waals surface area contributed by atoms with Crippen LogP contribution in [0.15, 0.2) is 88.5 Å². The van der Waals surface area contributed by atoms with Crippen LogP contribution in [0.25, 0.3) is 5.69 Å². The molecule has 1 N–H and O–H groups in total. The summed E-state index contributed by atoms with van der Waals surface area (Å²) in [5.74, 6) is -1.46. The smallest absolute Gasteiger partial charge is 0.344 e. The molecule has 11 heteroatoms. The van der Waals surface area contributed by atoms with Crippen LogP contribution in [-0.4, -0.2) is 20.3 Å². The monoisotopic (exact) mass is 512 g/mol. The first-order valence-corrected chi connectivity index (χ1v) is 11.1. The summed E-state index contributed by atoms with van der Waals surface area (Å²) < 4.78 is 54.5. The second kappa shape index (κ2) is 10.2. The van der Waals surface area contributed by atoms with Crippen LogP contribution >= 0.6 is 0 Å². The Morgan fingerprint density at radius 1 is 0.973 bits per heavy atom. The number of carbonyl (C=O) groups excluding carboxylic acids is 1. The molecule has 3 aromatic carbocycles. The van der Waals surface area contributed by atoms with Crippen LogP contribution in [0, 0.1) is 5.82 Å². The number of alkyl halides is 3. The fraction of sp³-hybridized carbons (Fsp3) is 0.154. The first kappa shape index (κ1) is 25.5. The highest BCUT2D eigenvalue weighted by Crippen LogP contribution is 2.30. The van der Waals surface area contributed by atoms with Gasteiger partial charge >= 0.3 is 11.9 Å². The minimum Gasteiger partial charge on any atom is -0.344 e. The second-order valence-corrected chi connectivity index (χ2v) is 8.21. The zero-order chi connectivity index (χ0) is 26.7. The fourth-order valence-corrected chi connectivity index (χ4v) is 3.64. The topological polar surface area (TPSA) is 86.0 Å². The Balaban J connectivity index is 1.84. The molecule has 4 rings (SSSR count). The summed E-state index contributed by atoms with van der Waals surface area (Å²) in [6.07, 6.45) is -4.70. The van der Waals surface area contributed by atoms with Gasteiger partial charge in [-0.2, -0.15) is 23.0 Å². The van der Waals surface area contributed by atoms with Gasteiger partial charge in [0.15, 0.2) is 0 Å². The molecule has 1 atom stereocenters. The highest BCUT2D eigenvalue weighted by atomic mass is 19.4. The Labute approximate surface area is 207 Å². The van der Waals surface area contributed by atoms with Crippen LogP contribution < -0.4 is 16.6 Å². The van der Waals surface area contributed by atoms with Gasteiger partial charge in [-0.05, 0) is 48.4 Å². The number of rotatable bonds is 6. The maximum Gasteiger partial charge on any atom is 0.416 e. The van der Waals surface area contributed by atoms with Crippen molar-refractivity contribution in [1.29, 1.82) is 0 Å². The minimum atomic E-state index is -4.70. The van der Waals surface area contributed by atoms with Crippen LogP contribution in [0.4, 0.5) is 17.6 Å². The van der Waals surface area contributed by atoms with Gasteiger partial charge in [0.2, 0.25) is 5.69 Å². The molecule has 190 valence electrons. The van der Waals surface area contributed by atoms with E-state index < -0.39 is 46.4 Å². The Bertz CT molecular complexity index is 1550. The molecule has 1 amide bonds. The third kappa shape index (κ3) is 5.66. The highest BCUT2D eigenvalue weighted by Gasteiger charge is 2.31. The molecule has 0 aliphatic carbocycles. The zero-order valence-electron chi connectivity index (χ0n) is 19.4. The van der Waals surface area contributed by atoms with Gasteiger partial charge < -0.3 is 5.32 Å². The Kier molecular flexibility index (Phi) is 7.05. The first-order chi connectivity index (χ1) is 17.5. The molecule has 1 heterocycles. The molecular weight excluding hydrogens is 492 g/mol. The van der Waals surface area contributed by atoms with E-state index in [-0.39, 0.29) is 12.2 Å². The van der Waals surface area contributed by atoms with Crippen molar-refractivity contribution in [2.24, 2.45) is 0 Å². The summed E-state index contributed by atoms with van der Waals surface area (Å²) >= 11 is 0. The van der Waals surface area contributed by atoms with E-state index in [0.717, 1.165) is 29.8 Å². The molecule has 0 saturated heterocycles. The second-order valence-electron chi connectivity index (χ2n) is 8.21. The van der Waals surface area contributed by atoms with Crippen LogP contribution in [-0.2, 0) is 12.7 Å². The summed E-state index contributed by atoms with van der Waals surface area (Å²) in [5, 5.41) is 6.49. The van der Waals surface area contributed by atoms with E-state index in [1.807, 2.05) is 0 Å². The van der Waals surface area contributed by atoms with Crippen LogP contribution in [0.5, 0.6) is 0 Å². The van der Waals surface area contributed by atoms with Crippen molar-refractivity contribution in [2.45, 2.75) is 25.7 Å². The molecule has 1 aromatic heterocycles. The summed E-state index contributed by atoms with van der Waals surface area (Å²) in [5.41, 5.74) is -3.06. The number of benzene rings is 3. The summed E-state index contributed by atoms with van der Waals surface area (Å²) in [6.45, 7) is 1.31. The molecular formula is C26H20F4N4O3. The number of carbonyl (C=O) groups is 1. The SMILES string of the molecule is CC(NC(=O)c1nn(-c2cccc(C(F)(F)F)c2)c(=O)n(Cc2ccc(F)cc2)c1=O)c1ccccc1. The van der Waals surface area contributed by atoms with Crippen LogP contribution in [0.1, 0.15) is 40.1 Å². The number of halogens is 4. The molecule has 0 aliphatic heterocycles. The number of hydrogen-bond donors (Lipinski definition) is 1. The van der Waals surface area contributed by atoms with Crippen molar-refractivity contribution in [3.05, 3.63) is 128 Å². The molecule has 0 aliphatic rings. The maximum atomic E-state index is 13.3. The number of amides is 1. The highest BCUT2D eigenvalue weighted by molar-refractivity contribution is 5.92. The Morgan fingerprint density at radius 2 is 1.65 bits per heavy atom. The van der Waals surface area contributed by atoms with Gasteiger partial charge in [0.1, 0.15) is 5.82 Å². The third-order valence-electron chi connectivity index (χ3n) is 5.59. The molecule has 0 fully saturated rings. The van der Waals surface area contributed by atoms with E-state index >= 15 is 0 Å². The average Bonchev–Trinajstić information content (AvgIpc) is 2.87. The van der Waals surface area contributed by atoms with E-state index in [1.54, 1.807) is 37.3 Å². The predicted molar refractivity (Wildman–Crippen MR) is 127 cm³/mol. The Morgan fingerprint density at radius 3 is 2.30 bits per heavy atom. The van der Waals surface area contributed by atoms with Crippen molar-refractivity contribution in [3.8, 4) is 5.69 Å². The number of nitrogens with one attached hydrogen (secondary N) is 1. The Hall–Kier alpha value is -4.54. The summed E-state index contributed by atoms with van der Waals surface area (Å²) in [4.78, 5) is 39.5. The van der Waals surface area contributed by atoms with Crippen LogP contribution in [0.3, 0.4) is 0 Å². The maximum absolute atomic E-state index is 13.3. The van der Waals surface area contributed by atoms with Gasteiger partial charge in [-0.15, -0.1) is 0 Å². The molecule has 4 aromatic rings. The lowest BCUT2D eigenvalue weighted by Crippen LogP contribution is -2.46. The number of hydrogen-bond acceptors (Lipinski definition) is 4. The predicted octanol–water partition coefficient (Wildman–Crippen LogP) is 4.09. The molecule has 0 radical (unpaired) electrons. The summed E-state index contributed by atoms with van der Waals surface area (Å²) in [7, 11) is 0. The molecule has 7 nitrogen and oxygen atoms in total. The minimum absolute atomic E-state index is 0.294. The van der Waals surface area contributed by atoms with Gasteiger partial charge in [-0.3, -0.25) is 14.2 Å². The fourth-order valence-electron chi connectivity index (χ4n) is 3.64. The van der Waals surface area contributed by atoms with Crippen molar-refractivity contribution in [1.82, 2.24) is 19.7 Å². The lowest BCUT2D eigenvalue weighted by Gasteiger charge is -2.16. The van der Waals surface area contributed by atoms with E-state index in [9.17, 15) is 31.9 Å². The van der Waals surface area contributed by atoms with Crippen molar-refractivity contribution >= 4 is 5.91 Å². The average molecular weight is 512 g/mol. The normalized spacial score (nSPS) is 12.2. The lowest BCUT2D eigenvalue weighted by molar-refractivity contribution is -0.137. The standard InChI is InChI=1S/C26H20F4N4O3/c1-16(18-6-3-2-4-7-18)31-23(35)22-24(36)33(15-17-10-12-20(27)13-11-17)25(37)34(32-22)21-9-5-8-19(14-21)26(28,29)30/h2-14,16H,15H2,1H3,(H,31,35). The molecule has 0 bridgehead atoms. The van der Waals surface area contributed by atoms with Crippen molar-refractivity contribution in [2.75, 3.05) is 0 Å². The van der Waals surface area contributed by atoms with Crippen LogP contribution in [0.2, 0.25) is 0 Å². The van der Waals surface area contributed by atoms with Gasteiger partial charge in [0.25, 0.3) is 11.5 Å². The summed E-state index contributed by atoms with van der Waals surface area (Å²) in [6, 6.07) is 17.0. The van der Waals surface area contributed by atoms with Crippen molar-refractivity contribution < 1.29 is 22.4 Å². The van der Waals surface area contributed by atoms with E-state index in [1.165, 1.54) is 18.2 Å². The largest absolute Gasteiger partial charge is 0.416 e. The molecule has 0 spiro atoms. The number of nitrogens with zero attached hydrogens (tertiary/aromatic N) is 3. The van der Waals surface area contributed by atoms with Crippen molar-refractivity contribution in [3.63, 3.8) is 0 Å². The van der Waals surface area contributed by atoms with Gasteiger partial charge in [0, 0.05) is 0 Å². The quantitative estimate of drug-likeness (QED) is 0.395. The van der Waals surface area contributed by atoms with Gasteiger partial charge in [0.05, 0.1) is 23.8 Å². The first-order valence-electron chi connectivity index (χ1n) is 11.1. The number of aromatic nitrogens is 3. The van der Waals surface area contributed by atoms with E-state index in [2.05, 4.69) is 10.4 Å². The van der Waals surface area contributed by atoms with E-state index in [0.29, 0.717) is 20.9 Å². The molecule has 0 saturated carbocycles. The third-order valence-corrected chi connectivity index (χ3v) is 5.59. The molecule has 37 heavy (non-hydrogen) atoms. The lowest BCUT2D eigenvalue weighted by atomic mass is 10.1. The van der Waals surface area contributed by atoms with Gasteiger partial charge in [-0.25, -0.2) is 9.18 Å². The van der Waals surface area contributed by atoms with E-state index in [4.69, 9.17) is 0 Å². The zero-order valence-corrected chi connectivity index (χ0v) is 19.4. The molecule has 1 unspecified atom stereocenters. The van der Waals surface area contributed by atoms with Gasteiger partial charge in [-0.1, -0.05) is 48.5 Å².